The predicted molar refractivity (Wildman–Crippen MR) is 97.2 cm³/mol. The largest absolute Gasteiger partial charge is 0.492 e. The van der Waals surface area contributed by atoms with Crippen LogP contribution in [0.25, 0.3) is 0 Å². The van der Waals surface area contributed by atoms with Gasteiger partial charge in [0, 0.05) is 19.2 Å². The quantitative estimate of drug-likeness (QED) is 0.902. The summed E-state index contributed by atoms with van der Waals surface area (Å²) in [5, 5.41) is 3.22. The van der Waals surface area contributed by atoms with E-state index in [2.05, 4.69) is 22.2 Å². The number of piperidine rings is 1. The average Bonchev–Trinajstić information content (AvgIpc) is 2.63. The number of hydrogen-bond donors (Lipinski definition) is 1. The van der Waals surface area contributed by atoms with Crippen molar-refractivity contribution in [2.45, 2.75) is 26.7 Å². The molecule has 0 aliphatic carbocycles. The highest BCUT2D eigenvalue weighted by Gasteiger charge is 2.23. The Morgan fingerprint density at radius 3 is 3.00 bits per heavy atom. The van der Waals surface area contributed by atoms with E-state index in [9.17, 15) is 4.79 Å². The number of amides is 1. The third-order valence-corrected chi connectivity index (χ3v) is 4.28. The van der Waals surface area contributed by atoms with Crippen molar-refractivity contribution >= 4 is 17.4 Å². The summed E-state index contributed by atoms with van der Waals surface area (Å²) in [5.74, 6) is 1.84. The standard InChI is InChI=1S/C19H24N4O2/c1-3-25-17-9-5-4-8-15(17)22-18-11-16(20-13-21-18)19(24)23-10-6-7-14(2)12-23/h4-5,8-9,11,13-14H,3,6-7,10,12H2,1-2H3,(H,20,21,22). The zero-order valence-corrected chi connectivity index (χ0v) is 14.7. The van der Waals surface area contributed by atoms with E-state index in [1.165, 1.54) is 12.7 Å². The summed E-state index contributed by atoms with van der Waals surface area (Å²) < 4.78 is 5.61. The molecule has 6 heteroatoms. The van der Waals surface area contributed by atoms with Gasteiger partial charge in [-0.3, -0.25) is 4.79 Å². The monoisotopic (exact) mass is 340 g/mol. The van der Waals surface area contributed by atoms with Crippen LogP contribution in [0.15, 0.2) is 36.7 Å². The van der Waals surface area contributed by atoms with Gasteiger partial charge in [0.1, 0.15) is 23.6 Å². The fraction of sp³-hybridized carbons (Fsp3) is 0.421. The summed E-state index contributed by atoms with van der Waals surface area (Å²) in [6, 6.07) is 9.36. The van der Waals surface area contributed by atoms with Gasteiger partial charge in [0.05, 0.1) is 12.3 Å². The number of nitrogens with zero attached hydrogens (tertiary/aromatic N) is 3. The smallest absolute Gasteiger partial charge is 0.272 e. The van der Waals surface area contributed by atoms with E-state index < -0.39 is 0 Å². The van der Waals surface area contributed by atoms with Crippen molar-refractivity contribution in [2.75, 3.05) is 25.0 Å². The van der Waals surface area contributed by atoms with Gasteiger partial charge in [-0.2, -0.15) is 0 Å². The van der Waals surface area contributed by atoms with E-state index in [1.807, 2.05) is 36.1 Å². The van der Waals surface area contributed by atoms with Crippen LogP contribution in [-0.4, -0.2) is 40.5 Å². The van der Waals surface area contributed by atoms with Crippen molar-refractivity contribution in [3.8, 4) is 5.75 Å². The molecule has 1 aromatic carbocycles. The van der Waals surface area contributed by atoms with Gasteiger partial charge in [0.2, 0.25) is 0 Å². The summed E-state index contributed by atoms with van der Waals surface area (Å²) >= 11 is 0. The Morgan fingerprint density at radius 1 is 1.36 bits per heavy atom. The van der Waals surface area contributed by atoms with Crippen molar-refractivity contribution in [3.05, 3.63) is 42.4 Å². The Hall–Kier alpha value is -2.63. The van der Waals surface area contributed by atoms with Crippen LogP contribution in [0, 0.1) is 5.92 Å². The first-order valence-corrected chi connectivity index (χ1v) is 8.77. The van der Waals surface area contributed by atoms with Gasteiger partial charge in [0.15, 0.2) is 0 Å². The molecule has 3 rings (SSSR count). The Bertz CT molecular complexity index is 735. The molecule has 1 unspecified atom stereocenters. The van der Waals surface area contributed by atoms with E-state index in [0.29, 0.717) is 24.0 Å². The molecule has 1 aliphatic heterocycles. The first kappa shape index (κ1) is 17.2. The van der Waals surface area contributed by atoms with Crippen LogP contribution in [0.3, 0.4) is 0 Å². The molecule has 6 nitrogen and oxygen atoms in total. The molecule has 1 atom stereocenters. The second kappa shape index (κ2) is 7.96. The third-order valence-electron chi connectivity index (χ3n) is 4.28. The molecule has 2 heterocycles. The number of para-hydroxylation sites is 2. The molecule has 0 saturated carbocycles. The average molecular weight is 340 g/mol. The summed E-state index contributed by atoms with van der Waals surface area (Å²) in [6.45, 7) is 6.29. The van der Waals surface area contributed by atoms with Crippen molar-refractivity contribution in [3.63, 3.8) is 0 Å². The van der Waals surface area contributed by atoms with E-state index in [-0.39, 0.29) is 5.91 Å². The molecular weight excluding hydrogens is 316 g/mol. The predicted octanol–water partition coefficient (Wildman–Crippen LogP) is 3.49. The maximum Gasteiger partial charge on any atom is 0.272 e. The van der Waals surface area contributed by atoms with Gasteiger partial charge in [-0.05, 0) is 37.8 Å². The third kappa shape index (κ3) is 4.26. The first-order chi connectivity index (χ1) is 12.2. The van der Waals surface area contributed by atoms with Gasteiger partial charge < -0.3 is 15.0 Å². The number of aromatic nitrogens is 2. The number of ether oxygens (including phenoxy) is 1. The van der Waals surface area contributed by atoms with Gasteiger partial charge >= 0.3 is 0 Å². The van der Waals surface area contributed by atoms with Crippen molar-refractivity contribution in [1.82, 2.24) is 14.9 Å². The minimum absolute atomic E-state index is 0.0323. The SMILES string of the molecule is CCOc1ccccc1Nc1cc(C(=O)N2CCCC(C)C2)ncn1. The van der Waals surface area contributed by atoms with Gasteiger partial charge in [0.25, 0.3) is 5.91 Å². The van der Waals surface area contributed by atoms with E-state index in [1.54, 1.807) is 6.07 Å². The number of nitrogens with one attached hydrogen (secondary N) is 1. The number of benzene rings is 1. The number of likely N-dealkylation sites (tertiary alicyclic amines) is 1. The second-order valence-corrected chi connectivity index (χ2v) is 6.34. The normalized spacial score (nSPS) is 17.2. The van der Waals surface area contributed by atoms with Gasteiger partial charge in [-0.15, -0.1) is 0 Å². The summed E-state index contributed by atoms with van der Waals surface area (Å²) in [5.41, 5.74) is 1.23. The summed E-state index contributed by atoms with van der Waals surface area (Å²) in [7, 11) is 0. The lowest BCUT2D eigenvalue weighted by molar-refractivity contribution is 0.0677. The van der Waals surface area contributed by atoms with Crippen molar-refractivity contribution in [2.24, 2.45) is 5.92 Å². The Morgan fingerprint density at radius 2 is 2.20 bits per heavy atom. The number of carbonyl (C=O) groups is 1. The Kier molecular flexibility index (Phi) is 5.48. The lowest BCUT2D eigenvalue weighted by Crippen LogP contribution is -2.39. The van der Waals surface area contributed by atoms with Gasteiger partial charge in [-0.1, -0.05) is 19.1 Å². The fourth-order valence-corrected chi connectivity index (χ4v) is 3.07. The molecule has 2 aromatic rings. The number of rotatable bonds is 5. The zero-order valence-electron chi connectivity index (χ0n) is 14.7. The zero-order chi connectivity index (χ0) is 17.6. The maximum absolute atomic E-state index is 12.7. The topological polar surface area (TPSA) is 67.3 Å². The molecule has 132 valence electrons. The highest BCUT2D eigenvalue weighted by Crippen LogP contribution is 2.27. The van der Waals surface area contributed by atoms with E-state index >= 15 is 0 Å². The molecule has 1 amide bonds. The van der Waals surface area contributed by atoms with Crippen LogP contribution in [0.4, 0.5) is 11.5 Å². The number of anilines is 2. The molecule has 1 saturated heterocycles. The van der Waals surface area contributed by atoms with Crippen LogP contribution in [0.2, 0.25) is 0 Å². The molecule has 1 aliphatic rings. The van der Waals surface area contributed by atoms with E-state index in [0.717, 1.165) is 30.9 Å². The minimum Gasteiger partial charge on any atom is -0.492 e. The van der Waals surface area contributed by atoms with E-state index in [4.69, 9.17) is 4.74 Å². The molecule has 0 radical (unpaired) electrons. The van der Waals surface area contributed by atoms with Crippen LogP contribution in [0.5, 0.6) is 5.75 Å². The lowest BCUT2D eigenvalue weighted by Gasteiger charge is -2.30. The van der Waals surface area contributed by atoms with Crippen LogP contribution >= 0.6 is 0 Å². The fourth-order valence-electron chi connectivity index (χ4n) is 3.07. The molecule has 1 fully saturated rings. The summed E-state index contributed by atoms with van der Waals surface area (Å²) in [4.78, 5) is 23.0. The van der Waals surface area contributed by atoms with Crippen molar-refractivity contribution < 1.29 is 9.53 Å². The minimum atomic E-state index is -0.0323. The highest BCUT2D eigenvalue weighted by molar-refractivity contribution is 5.93. The van der Waals surface area contributed by atoms with Crippen LogP contribution in [-0.2, 0) is 0 Å². The Balaban J connectivity index is 1.76. The lowest BCUT2D eigenvalue weighted by atomic mass is 10.00. The molecule has 0 spiro atoms. The number of hydrogen-bond acceptors (Lipinski definition) is 5. The molecular formula is C19H24N4O2. The molecule has 1 aromatic heterocycles. The van der Waals surface area contributed by atoms with Crippen LogP contribution < -0.4 is 10.1 Å². The number of carbonyl (C=O) groups excluding carboxylic acids is 1. The second-order valence-electron chi connectivity index (χ2n) is 6.34. The molecule has 0 bridgehead atoms. The van der Waals surface area contributed by atoms with Gasteiger partial charge in [-0.25, -0.2) is 9.97 Å². The highest BCUT2D eigenvalue weighted by atomic mass is 16.5. The molecule has 25 heavy (non-hydrogen) atoms. The van der Waals surface area contributed by atoms with Crippen molar-refractivity contribution in [1.29, 1.82) is 0 Å². The first-order valence-electron chi connectivity index (χ1n) is 8.77. The molecule has 1 N–H and O–H groups in total. The summed E-state index contributed by atoms with van der Waals surface area (Å²) in [6.07, 6.45) is 3.64. The Labute approximate surface area is 148 Å². The maximum atomic E-state index is 12.7. The van der Waals surface area contributed by atoms with Crippen LogP contribution in [0.1, 0.15) is 37.2 Å².